The normalized spacial score (nSPS) is 19.4. The van der Waals surface area contributed by atoms with E-state index >= 15 is 0 Å². The van der Waals surface area contributed by atoms with Gasteiger partial charge in [0.1, 0.15) is 12.4 Å². The van der Waals surface area contributed by atoms with Gasteiger partial charge in [0.2, 0.25) is 5.91 Å². The molecule has 2 aromatic carbocycles. The van der Waals surface area contributed by atoms with Crippen LogP contribution in [0.5, 0.6) is 0 Å². The number of hydrogen-bond donors (Lipinski definition) is 1. The third-order valence-electron chi connectivity index (χ3n) is 5.10. The van der Waals surface area contributed by atoms with E-state index in [1.165, 1.54) is 6.07 Å². The number of carbonyl (C=O) groups is 2. The summed E-state index contributed by atoms with van der Waals surface area (Å²) in [6.45, 7) is 4.16. The van der Waals surface area contributed by atoms with Crippen LogP contribution in [-0.4, -0.2) is 42.0 Å². The Balaban J connectivity index is 1.67. The lowest BCUT2D eigenvalue weighted by Gasteiger charge is -2.42. The van der Waals surface area contributed by atoms with E-state index in [0.29, 0.717) is 24.9 Å². The van der Waals surface area contributed by atoms with E-state index in [-0.39, 0.29) is 30.3 Å². The standard InChI is InChI=1S/C23H27FN2O3/c1-16(2)26-20(27)15-29-22(21(26)18-10-4-3-5-11-18)23(28)25-14-8-12-17-9-6-7-13-19(17)24/h3-7,9-11,13,16,21-22H,8,12,14-15H2,1-2H3,(H,25,28)/t21-,22+/m1/s1. The number of rotatable bonds is 7. The number of aryl methyl sites for hydroxylation is 1. The summed E-state index contributed by atoms with van der Waals surface area (Å²) >= 11 is 0. The summed E-state index contributed by atoms with van der Waals surface area (Å²) in [5.74, 6) is -0.618. The van der Waals surface area contributed by atoms with Crippen LogP contribution >= 0.6 is 0 Å². The number of hydrogen-bond acceptors (Lipinski definition) is 3. The topological polar surface area (TPSA) is 58.6 Å². The molecule has 0 aliphatic carbocycles. The molecule has 1 saturated heterocycles. The van der Waals surface area contributed by atoms with Gasteiger partial charge < -0.3 is 15.0 Å². The molecule has 2 aromatic rings. The molecule has 0 unspecified atom stereocenters. The maximum atomic E-state index is 13.7. The van der Waals surface area contributed by atoms with Gasteiger partial charge in [-0.2, -0.15) is 0 Å². The third kappa shape index (κ3) is 5.01. The largest absolute Gasteiger partial charge is 0.356 e. The van der Waals surface area contributed by atoms with E-state index in [9.17, 15) is 14.0 Å². The number of nitrogens with one attached hydrogen (secondary N) is 1. The lowest BCUT2D eigenvalue weighted by Crippen LogP contribution is -2.56. The van der Waals surface area contributed by atoms with Crippen molar-refractivity contribution in [1.82, 2.24) is 10.2 Å². The van der Waals surface area contributed by atoms with Crippen molar-refractivity contribution in [3.63, 3.8) is 0 Å². The predicted octanol–water partition coefficient (Wildman–Crippen LogP) is 3.25. The van der Waals surface area contributed by atoms with Crippen LogP contribution in [0.4, 0.5) is 4.39 Å². The molecule has 5 nitrogen and oxygen atoms in total. The van der Waals surface area contributed by atoms with Crippen LogP contribution in [0, 0.1) is 5.82 Å². The average Bonchev–Trinajstić information content (AvgIpc) is 2.72. The highest BCUT2D eigenvalue weighted by atomic mass is 19.1. The maximum absolute atomic E-state index is 13.7. The van der Waals surface area contributed by atoms with Gasteiger partial charge in [-0.15, -0.1) is 0 Å². The van der Waals surface area contributed by atoms with Gasteiger partial charge in [-0.25, -0.2) is 4.39 Å². The van der Waals surface area contributed by atoms with Gasteiger partial charge in [0, 0.05) is 12.6 Å². The molecule has 2 atom stereocenters. The second-order valence-corrected chi connectivity index (χ2v) is 7.47. The molecule has 2 amide bonds. The van der Waals surface area contributed by atoms with E-state index in [1.54, 1.807) is 23.1 Å². The smallest absolute Gasteiger partial charge is 0.251 e. The summed E-state index contributed by atoms with van der Waals surface area (Å²) < 4.78 is 19.4. The zero-order valence-electron chi connectivity index (χ0n) is 16.8. The van der Waals surface area contributed by atoms with Crippen LogP contribution in [-0.2, 0) is 20.7 Å². The Morgan fingerprint density at radius 2 is 1.86 bits per heavy atom. The van der Waals surface area contributed by atoms with E-state index in [1.807, 2.05) is 44.2 Å². The fourth-order valence-electron chi connectivity index (χ4n) is 3.73. The molecule has 0 bridgehead atoms. The van der Waals surface area contributed by atoms with Crippen molar-refractivity contribution in [3.8, 4) is 0 Å². The Kier molecular flexibility index (Phi) is 6.99. The molecule has 0 radical (unpaired) electrons. The van der Waals surface area contributed by atoms with Gasteiger partial charge in [-0.1, -0.05) is 48.5 Å². The molecule has 154 valence electrons. The van der Waals surface area contributed by atoms with Crippen molar-refractivity contribution in [1.29, 1.82) is 0 Å². The minimum atomic E-state index is -0.786. The van der Waals surface area contributed by atoms with Crippen LogP contribution in [0.25, 0.3) is 0 Å². The van der Waals surface area contributed by atoms with Gasteiger partial charge in [-0.3, -0.25) is 9.59 Å². The number of amides is 2. The molecular formula is C23H27FN2O3. The Morgan fingerprint density at radius 1 is 1.17 bits per heavy atom. The van der Waals surface area contributed by atoms with Crippen molar-refractivity contribution < 1.29 is 18.7 Å². The van der Waals surface area contributed by atoms with E-state index in [4.69, 9.17) is 4.74 Å². The number of morpholine rings is 1. The first-order chi connectivity index (χ1) is 14.0. The molecule has 0 spiro atoms. The van der Waals surface area contributed by atoms with Crippen LogP contribution in [0.15, 0.2) is 54.6 Å². The van der Waals surface area contributed by atoms with Crippen LogP contribution in [0.1, 0.15) is 37.4 Å². The zero-order valence-corrected chi connectivity index (χ0v) is 16.8. The van der Waals surface area contributed by atoms with Crippen molar-refractivity contribution in [2.24, 2.45) is 0 Å². The van der Waals surface area contributed by atoms with Crippen molar-refractivity contribution in [2.75, 3.05) is 13.2 Å². The number of halogens is 1. The molecule has 1 heterocycles. The van der Waals surface area contributed by atoms with Crippen molar-refractivity contribution >= 4 is 11.8 Å². The molecule has 6 heteroatoms. The Labute approximate surface area is 170 Å². The van der Waals surface area contributed by atoms with Crippen LogP contribution in [0.3, 0.4) is 0 Å². The molecule has 29 heavy (non-hydrogen) atoms. The number of carbonyl (C=O) groups excluding carboxylic acids is 2. The highest BCUT2D eigenvalue weighted by molar-refractivity contribution is 5.86. The molecule has 1 aliphatic rings. The lowest BCUT2D eigenvalue weighted by atomic mass is 9.95. The summed E-state index contributed by atoms with van der Waals surface area (Å²) in [5.41, 5.74) is 1.50. The SMILES string of the molecule is CC(C)N1C(=O)CO[C@H](C(=O)NCCCc2ccccc2F)[C@H]1c1ccccc1. The molecule has 3 rings (SSSR count). The average molecular weight is 398 g/mol. The summed E-state index contributed by atoms with van der Waals surface area (Å²) in [5, 5.41) is 2.89. The van der Waals surface area contributed by atoms with Gasteiger partial charge in [0.05, 0.1) is 6.04 Å². The molecular weight excluding hydrogens is 371 g/mol. The van der Waals surface area contributed by atoms with E-state index in [0.717, 1.165) is 5.56 Å². The fraction of sp³-hybridized carbons (Fsp3) is 0.391. The van der Waals surface area contributed by atoms with Crippen molar-refractivity contribution in [3.05, 3.63) is 71.5 Å². The maximum Gasteiger partial charge on any atom is 0.251 e. The Morgan fingerprint density at radius 3 is 2.55 bits per heavy atom. The van der Waals surface area contributed by atoms with Gasteiger partial charge >= 0.3 is 0 Å². The second kappa shape index (κ2) is 9.65. The van der Waals surface area contributed by atoms with Crippen LogP contribution < -0.4 is 5.32 Å². The molecule has 1 fully saturated rings. The summed E-state index contributed by atoms with van der Waals surface area (Å²) in [7, 11) is 0. The minimum Gasteiger partial charge on any atom is -0.356 e. The quantitative estimate of drug-likeness (QED) is 0.729. The summed E-state index contributed by atoms with van der Waals surface area (Å²) in [4.78, 5) is 27.1. The molecule has 0 saturated carbocycles. The van der Waals surface area contributed by atoms with Crippen molar-refractivity contribution in [2.45, 2.75) is 44.9 Å². The highest BCUT2D eigenvalue weighted by Crippen LogP contribution is 2.32. The Hall–Kier alpha value is -2.73. The minimum absolute atomic E-state index is 0.0621. The lowest BCUT2D eigenvalue weighted by molar-refractivity contribution is -0.167. The monoisotopic (exact) mass is 398 g/mol. The van der Waals surface area contributed by atoms with E-state index in [2.05, 4.69) is 5.32 Å². The first kappa shape index (κ1) is 21.0. The molecule has 1 N–H and O–H groups in total. The summed E-state index contributed by atoms with van der Waals surface area (Å²) in [6, 6.07) is 15.6. The molecule has 1 aliphatic heterocycles. The van der Waals surface area contributed by atoms with Gasteiger partial charge in [0.15, 0.2) is 6.10 Å². The predicted molar refractivity (Wildman–Crippen MR) is 109 cm³/mol. The first-order valence-corrected chi connectivity index (χ1v) is 9.98. The number of nitrogens with zero attached hydrogens (tertiary/aromatic N) is 1. The summed E-state index contributed by atoms with van der Waals surface area (Å²) in [6.07, 6.45) is 0.366. The zero-order chi connectivity index (χ0) is 20.8. The Bertz CT molecular complexity index is 841. The van der Waals surface area contributed by atoms with Gasteiger partial charge in [0.25, 0.3) is 5.91 Å². The highest BCUT2D eigenvalue weighted by Gasteiger charge is 2.42. The second-order valence-electron chi connectivity index (χ2n) is 7.47. The number of benzene rings is 2. The van der Waals surface area contributed by atoms with Gasteiger partial charge in [-0.05, 0) is 43.9 Å². The first-order valence-electron chi connectivity index (χ1n) is 9.98. The number of ether oxygens (including phenoxy) is 1. The molecule has 0 aromatic heterocycles. The fourth-order valence-corrected chi connectivity index (χ4v) is 3.73. The van der Waals surface area contributed by atoms with E-state index < -0.39 is 12.1 Å². The van der Waals surface area contributed by atoms with Crippen LogP contribution in [0.2, 0.25) is 0 Å². The third-order valence-corrected chi connectivity index (χ3v) is 5.10.